The van der Waals surface area contributed by atoms with Crippen LogP contribution in [0.2, 0.25) is 0 Å². The molecule has 2 aromatic carbocycles. The number of fused-ring (bicyclic) bond motifs is 1. The third-order valence-corrected chi connectivity index (χ3v) is 3.87. The summed E-state index contributed by atoms with van der Waals surface area (Å²) < 4.78 is 11.2. The Morgan fingerprint density at radius 2 is 1.84 bits per heavy atom. The van der Waals surface area contributed by atoms with E-state index in [1.807, 2.05) is 18.2 Å². The Hall–Kier alpha value is -3.02. The smallest absolute Gasteiger partial charge is 0.246 e. The number of carbonyl (C=O) groups is 2. The number of ether oxygens (including phenoxy) is 2. The van der Waals surface area contributed by atoms with Crippen LogP contribution in [0.25, 0.3) is 0 Å². The van der Waals surface area contributed by atoms with E-state index < -0.39 is 6.04 Å². The van der Waals surface area contributed by atoms with Crippen molar-refractivity contribution in [3.8, 4) is 11.5 Å². The van der Waals surface area contributed by atoms with Gasteiger partial charge in [0.15, 0.2) is 17.3 Å². The first kappa shape index (κ1) is 16.8. The van der Waals surface area contributed by atoms with Crippen molar-refractivity contribution in [2.75, 3.05) is 23.8 Å². The molecule has 1 aliphatic heterocycles. The van der Waals surface area contributed by atoms with Crippen LogP contribution >= 0.6 is 0 Å². The van der Waals surface area contributed by atoms with Crippen molar-refractivity contribution in [2.24, 2.45) is 0 Å². The summed E-state index contributed by atoms with van der Waals surface area (Å²) in [6.07, 6.45) is 0. The second-order valence-corrected chi connectivity index (χ2v) is 5.82. The third-order valence-electron chi connectivity index (χ3n) is 3.87. The quantitative estimate of drug-likeness (QED) is 0.818. The van der Waals surface area contributed by atoms with E-state index in [2.05, 4.69) is 10.6 Å². The largest absolute Gasteiger partial charge is 0.486 e. The van der Waals surface area contributed by atoms with Gasteiger partial charge >= 0.3 is 0 Å². The predicted octanol–water partition coefficient (Wildman–Crippen LogP) is 3.10. The van der Waals surface area contributed by atoms with Crippen LogP contribution in [0.1, 0.15) is 24.2 Å². The molecular formula is C19H20N2O4. The summed E-state index contributed by atoms with van der Waals surface area (Å²) in [5, 5.41) is 5.95. The lowest BCUT2D eigenvalue weighted by molar-refractivity contribution is -0.116. The molecule has 1 aliphatic rings. The highest BCUT2D eigenvalue weighted by Gasteiger charge is 2.19. The molecule has 0 fully saturated rings. The molecule has 0 spiro atoms. The number of carbonyl (C=O) groups excluding carboxylic acids is 2. The van der Waals surface area contributed by atoms with E-state index in [1.54, 1.807) is 31.2 Å². The monoisotopic (exact) mass is 340 g/mol. The Kier molecular flexibility index (Phi) is 4.88. The fourth-order valence-corrected chi connectivity index (χ4v) is 2.55. The zero-order valence-electron chi connectivity index (χ0n) is 14.2. The summed E-state index contributed by atoms with van der Waals surface area (Å²) in [7, 11) is 0. The number of anilines is 2. The van der Waals surface area contributed by atoms with Gasteiger partial charge in [0.05, 0.1) is 5.69 Å². The number of ketones is 1. The van der Waals surface area contributed by atoms with Gasteiger partial charge in [-0.3, -0.25) is 9.59 Å². The highest BCUT2D eigenvalue weighted by molar-refractivity contribution is 5.99. The van der Waals surface area contributed by atoms with Crippen molar-refractivity contribution < 1.29 is 19.1 Å². The van der Waals surface area contributed by atoms with E-state index in [-0.39, 0.29) is 11.7 Å². The van der Waals surface area contributed by atoms with Gasteiger partial charge in [0.1, 0.15) is 19.3 Å². The number of hydrogen-bond donors (Lipinski definition) is 2. The standard InChI is InChI=1S/C19H20N2O4/c1-12(19(23)21-15-6-3-5-14(11-15)13(2)22)20-16-7-4-8-17-18(16)25-10-9-24-17/h3-8,11-12,20H,9-10H2,1-2H3,(H,21,23)/t12-/m0/s1. The van der Waals surface area contributed by atoms with Crippen molar-refractivity contribution in [1.82, 2.24) is 0 Å². The Labute approximate surface area is 146 Å². The lowest BCUT2D eigenvalue weighted by Crippen LogP contribution is -2.32. The number of nitrogens with one attached hydrogen (secondary N) is 2. The number of hydrogen-bond acceptors (Lipinski definition) is 5. The number of Topliss-reactive ketones (excluding diaryl/α,β-unsaturated/α-hetero) is 1. The Morgan fingerprint density at radius 3 is 2.64 bits per heavy atom. The van der Waals surface area contributed by atoms with E-state index in [0.29, 0.717) is 41.7 Å². The molecule has 0 saturated heterocycles. The zero-order chi connectivity index (χ0) is 17.8. The molecule has 0 unspecified atom stereocenters. The number of rotatable bonds is 5. The van der Waals surface area contributed by atoms with Gasteiger partial charge in [0.25, 0.3) is 0 Å². The van der Waals surface area contributed by atoms with E-state index in [4.69, 9.17) is 9.47 Å². The highest BCUT2D eigenvalue weighted by atomic mass is 16.6. The third kappa shape index (κ3) is 3.91. The Bertz CT molecular complexity index is 804. The van der Waals surface area contributed by atoms with Gasteiger partial charge in [-0.2, -0.15) is 0 Å². The molecule has 1 heterocycles. The van der Waals surface area contributed by atoms with Crippen LogP contribution in [0.15, 0.2) is 42.5 Å². The maximum atomic E-state index is 12.4. The summed E-state index contributed by atoms with van der Waals surface area (Å²) in [4.78, 5) is 23.9. The van der Waals surface area contributed by atoms with E-state index in [0.717, 1.165) is 0 Å². The average molecular weight is 340 g/mol. The molecule has 0 bridgehead atoms. The summed E-state index contributed by atoms with van der Waals surface area (Å²) in [6.45, 7) is 4.24. The molecule has 1 atom stereocenters. The van der Waals surface area contributed by atoms with Crippen molar-refractivity contribution in [2.45, 2.75) is 19.9 Å². The van der Waals surface area contributed by atoms with Gasteiger partial charge in [0, 0.05) is 11.3 Å². The second-order valence-electron chi connectivity index (χ2n) is 5.82. The maximum Gasteiger partial charge on any atom is 0.246 e. The van der Waals surface area contributed by atoms with Crippen LogP contribution in [-0.2, 0) is 4.79 Å². The van der Waals surface area contributed by atoms with Crippen molar-refractivity contribution >= 4 is 23.1 Å². The molecule has 6 heteroatoms. The SMILES string of the molecule is CC(=O)c1cccc(NC(=O)[C@H](C)Nc2cccc3c2OCCO3)c1. The predicted molar refractivity (Wildman–Crippen MR) is 95.6 cm³/mol. The zero-order valence-corrected chi connectivity index (χ0v) is 14.2. The van der Waals surface area contributed by atoms with Gasteiger partial charge in [0.2, 0.25) is 5.91 Å². The molecule has 0 aromatic heterocycles. The van der Waals surface area contributed by atoms with E-state index in [1.165, 1.54) is 6.92 Å². The molecular weight excluding hydrogens is 320 g/mol. The molecule has 6 nitrogen and oxygen atoms in total. The lowest BCUT2D eigenvalue weighted by atomic mass is 10.1. The fraction of sp³-hybridized carbons (Fsp3) is 0.263. The Morgan fingerprint density at radius 1 is 1.08 bits per heavy atom. The molecule has 0 saturated carbocycles. The second kappa shape index (κ2) is 7.25. The van der Waals surface area contributed by atoms with Gasteiger partial charge in [-0.1, -0.05) is 18.2 Å². The van der Waals surface area contributed by atoms with E-state index >= 15 is 0 Å². The van der Waals surface area contributed by atoms with Crippen molar-refractivity contribution in [3.63, 3.8) is 0 Å². The molecule has 2 N–H and O–H groups in total. The van der Waals surface area contributed by atoms with Crippen LogP contribution in [0.3, 0.4) is 0 Å². The first-order valence-corrected chi connectivity index (χ1v) is 8.11. The molecule has 2 aromatic rings. The molecule has 130 valence electrons. The highest BCUT2D eigenvalue weighted by Crippen LogP contribution is 2.37. The molecule has 25 heavy (non-hydrogen) atoms. The van der Waals surface area contributed by atoms with Gasteiger partial charge < -0.3 is 20.1 Å². The molecule has 1 amide bonds. The van der Waals surface area contributed by atoms with Crippen LogP contribution in [-0.4, -0.2) is 30.9 Å². The Balaban J connectivity index is 1.69. The minimum atomic E-state index is -0.502. The van der Waals surface area contributed by atoms with Crippen LogP contribution < -0.4 is 20.1 Å². The van der Waals surface area contributed by atoms with Gasteiger partial charge in [-0.05, 0) is 38.1 Å². The van der Waals surface area contributed by atoms with Crippen LogP contribution in [0, 0.1) is 0 Å². The normalized spacial score (nSPS) is 13.7. The van der Waals surface area contributed by atoms with Crippen molar-refractivity contribution in [3.05, 3.63) is 48.0 Å². The average Bonchev–Trinajstić information content (AvgIpc) is 2.62. The first-order chi connectivity index (χ1) is 12.0. The summed E-state index contributed by atoms with van der Waals surface area (Å²) in [6, 6.07) is 11.9. The fourth-order valence-electron chi connectivity index (χ4n) is 2.55. The van der Waals surface area contributed by atoms with Crippen LogP contribution in [0.5, 0.6) is 11.5 Å². The van der Waals surface area contributed by atoms with Gasteiger partial charge in [-0.15, -0.1) is 0 Å². The van der Waals surface area contributed by atoms with Crippen molar-refractivity contribution in [1.29, 1.82) is 0 Å². The van der Waals surface area contributed by atoms with Crippen LogP contribution in [0.4, 0.5) is 11.4 Å². The first-order valence-electron chi connectivity index (χ1n) is 8.11. The minimum Gasteiger partial charge on any atom is -0.486 e. The van der Waals surface area contributed by atoms with Gasteiger partial charge in [-0.25, -0.2) is 0 Å². The topological polar surface area (TPSA) is 76.7 Å². The lowest BCUT2D eigenvalue weighted by Gasteiger charge is -2.23. The molecule has 0 aliphatic carbocycles. The van der Waals surface area contributed by atoms with E-state index in [9.17, 15) is 9.59 Å². The maximum absolute atomic E-state index is 12.4. The number of para-hydroxylation sites is 1. The minimum absolute atomic E-state index is 0.0460. The molecule has 0 radical (unpaired) electrons. The summed E-state index contributed by atoms with van der Waals surface area (Å²) in [5.41, 5.74) is 1.85. The summed E-state index contributed by atoms with van der Waals surface area (Å²) in [5.74, 6) is 1.02. The molecule has 3 rings (SSSR count). The number of benzene rings is 2. The summed E-state index contributed by atoms with van der Waals surface area (Å²) >= 11 is 0. The number of amides is 1.